The van der Waals surface area contributed by atoms with Crippen LogP contribution in [-0.4, -0.2) is 40.2 Å². The van der Waals surface area contributed by atoms with E-state index in [1.807, 2.05) is 42.5 Å². The predicted molar refractivity (Wildman–Crippen MR) is 129 cm³/mol. The standard InChI is InChI=1S/C26H28ClN3O4/c1-26(2,3)33-25(32)28-22(15-17-7-5-4-6-8-17)24(31)30-14-13-21-20(16-30)23(34-29-21)18-9-11-19(27)12-10-18/h4-12,22H,13-16H2,1-3H3,(H,28,32). The third-order valence-corrected chi connectivity index (χ3v) is 5.78. The second kappa shape index (κ2) is 9.89. The number of halogens is 1. The van der Waals surface area contributed by atoms with Crippen LogP contribution in [0.4, 0.5) is 4.79 Å². The first kappa shape index (κ1) is 23.8. The highest BCUT2D eigenvalue weighted by molar-refractivity contribution is 6.30. The molecule has 7 nitrogen and oxygen atoms in total. The number of rotatable bonds is 5. The van der Waals surface area contributed by atoms with Gasteiger partial charge in [0.15, 0.2) is 5.76 Å². The van der Waals surface area contributed by atoms with E-state index in [0.717, 1.165) is 22.4 Å². The van der Waals surface area contributed by atoms with Crippen molar-refractivity contribution < 1.29 is 18.8 Å². The number of amides is 2. The first-order valence-corrected chi connectivity index (χ1v) is 11.6. The second-order valence-corrected chi connectivity index (χ2v) is 9.78. The summed E-state index contributed by atoms with van der Waals surface area (Å²) in [6.45, 7) is 6.20. The molecule has 1 aliphatic heterocycles. The Labute approximate surface area is 204 Å². The molecule has 2 heterocycles. The maximum Gasteiger partial charge on any atom is 0.408 e. The van der Waals surface area contributed by atoms with Gasteiger partial charge in [-0.3, -0.25) is 4.79 Å². The van der Waals surface area contributed by atoms with Crippen molar-refractivity contribution in [1.29, 1.82) is 0 Å². The number of benzene rings is 2. The second-order valence-electron chi connectivity index (χ2n) is 9.34. The van der Waals surface area contributed by atoms with Crippen LogP contribution < -0.4 is 5.32 Å². The Hall–Kier alpha value is -3.32. The number of nitrogens with one attached hydrogen (secondary N) is 1. The van der Waals surface area contributed by atoms with Crippen LogP contribution in [-0.2, 0) is 28.9 Å². The monoisotopic (exact) mass is 481 g/mol. The van der Waals surface area contributed by atoms with E-state index in [1.165, 1.54) is 0 Å². The Morgan fingerprint density at radius 1 is 1.15 bits per heavy atom. The molecule has 0 saturated carbocycles. The number of nitrogens with zero attached hydrogens (tertiary/aromatic N) is 2. The number of alkyl carbamates (subject to hydrolysis) is 1. The molecule has 2 amide bonds. The van der Waals surface area contributed by atoms with Gasteiger partial charge in [-0.2, -0.15) is 0 Å². The minimum Gasteiger partial charge on any atom is -0.444 e. The number of hydrogen-bond acceptors (Lipinski definition) is 5. The molecule has 0 spiro atoms. The minimum absolute atomic E-state index is 0.177. The van der Waals surface area contributed by atoms with Crippen LogP contribution in [0.1, 0.15) is 37.6 Å². The molecule has 0 aliphatic carbocycles. The summed E-state index contributed by atoms with van der Waals surface area (Å²) in [6.07, 6.45) is 0.310. The van der Waals surface area contributed by atoms with Crippen molar-refractivity contribution in [2.24, 2.45) is 0 Å². The number of hydrogen-bond donors (Lipinski definition) is 1. The summed E-state index contributed by atoms with van der Waals surface area (Å²) < 4.78 is 11.0. The zero-order chi connectivity index (χ0) is 24.3. The summed E-state index contributed by atoms with van der Waals surface area (Å²) in [5.74, 6) is 0.451. The number of carbonyl (C=O) groups is 2. The van der Waals surface area contributed by atoms with Crippen molar-refractivity contribution in [2.75, 3.05) is 6.54 Å². The lowest BCUT2D eigenvalue weighted by Gasteiger charge is -2.31. The Kier molecular flexibility index (Phi) is 6.93. The van der Waals surface area contributed by atoms with Gasteiger partial charge in [0, 0.05) is 35.5 Å². The highest BCUT2D eigenvalue weighted by Gasteiger charge is 2.33. The molecule has 4 rings (SSSR count). The van der Waals surface area contributed by atoms with E-state index in [-0.39, 0.29) is 5.91 Å². The Bertz CT molecular complexity index is 1150. The number of fused-ring (bicyclic) bond motifs is 1. The summed E-state index contributed by atoms with van der Waals surface area (Å²) in [4.78, 5) is 27.9. The van der Waals surface area contributed by atoms with Gasteiger partial charge in [0.2, 0.25) is 5.91 Å². The molecule has 0 fully saturated rings. The fourth-order valence-electron chi connectivity index (χ4n) is 3.95. The third kappa shape index (κ3) is 5.78. The largest absolute Gasteiger partial charge is 0.444 e. The highest BCUT2D eigenvalue weighted by Crippen LogP contribution is 2.31. The molecule has 0 saturated heterocycles. The molecule has 1 aromatic heterocycles. The maximum absolute atomic E-state index is 13.6. The van der Waals surface area contributed by atoms with E-state index in [0.29, 0.717) is 36.7 Å². The molecule has 1 aliphatic rings. The lowest BCUT2D eigenvalue weighted by Crippen LogP contribution is -2.51. The normalized spacial score (nSPS) is 14.3. The van der Waals surface area contributed by atoms with E-state index < -0.39 is 17.7 Å². The summed E-state index contributed by atoms with van der Waals surface area (Å²) in [5, 5.41) is 7.63. The quantitative estimate of drug-likeness (QED) is 0.553. The van der Waals surface area contributed by atoms with Gasteiger partial charge in [0.1, 0.15) is 11.6 Å². The van der Waals surface area contributed by atoms with E-state index in [2.05, 4.69) is 10.5 Å². The molecule has 3 aromatic rings. The van der Waals surface area contributed by atoms with Gasteiger partial charge in [-0.15, -0.1) is 0 Å². The number of aromatic nitrogens is 1. The molecule has 8 heteroatoms. The highest BCUT2D eigenvalue weighted by atomic mass is 35.5. The van der Waals surface area contributed by atoms with Gasteiger partial charge >= 0.3 is 6.09 Å². The zero-order valence-electron chi connectivity index (χ0n) is 19.5. The van der Waals surface area contributed by atoms with Crippen molar-refractivity contribution in [3.05, 3.63) is 76.4 Å². The molecule has 0 radical (unpaired) electrons. The van der Waals surface area contributed by atoms with Gasteiger partial charge < -0.3 is 19.5 Å². The summed E-state index contributed by atoms with van der Waals surface area (Å²) >= 11 is 6.02. The predicted octanol–water partition coefficient (Wildman–Crippen LogP) is 5.02. The van der Waals surface area contributed by atoms with Crippen LogP contribution in [0.15, 0.2) is 59.1 Å². The average molecular weight is 482 g/mol. The Balaban J connectivity index is 1.55. The minimum atomic E-state index is -0.766. The molecule has 0 bridgehead atoms. The number of ether oxygens (including phenoxy) is 1. The van der Waals surface area contributed by atoms with Gasteiger partial charge in [-0.1, -0.05) is 47.1 Å². The average Bonchev–Trinajstić information content (AvgIpc) is 3.21. The summed E-state index contributed by atoms with van der Waals surface area (Å²) in [7, 11) is 0. The topological polar surface area (TPSA) is 84.7 Å². The summed E-state index contributed by atoms with van der Waals surface area (Å²) in [5.41, 5.74) is 2.84. The smallest absolute Gasteiger partial charge is 0.408 e. The van der Waals surface area contributed by atoms with E-state index in [1.54, 1.807) is 37.8 Å². The molecular formula is C26H28ClN3O4. The molecular weight excluding hydrogens is 454 g/mol. The first-order chi connectivity index (χ1) is 16.2. The molecule has 1 atom stereocenters. The van der Waals surface area contributed by atoms with Crippen molar-refractivity contribution in [2.45, 2.75) is 51.8 Å². The van der Waals surface area contributed by atoms with Gasteiger partial charge in [-0.05, 0) is 50.6 Å². The molecule has 34 heavy (non-hydrogen) atoms. The molecule has 2 aromatic carbocycles. The summed E-state index contributed by atoms with van der Waals surface area (Å²) in [6, 6.07) is 16.2. The van der Waals surface area contributed by atoms with Crippen LogP contribution in [0.5, 0.6) is 0 Å². The third-order valence-electron chi connectivity index (χ3n) is 5.53. The van der Waals surface area contributed by atoms with Crippen LogP contribution in [0.25, 0.3) is 11.3 Å². The van der Waals surface area contributed by atoms with Crippen LogP contribution in [0.2, 0.25) is 5.02 Å². The zero-order valence-corrected chi connectivity index (χ0v) is 20.3. The molecule has 178 valence electrons. The fraction of sp³-hybridized carbons (Fsp3) is 0.346. The van der Waals surface area contributed by atoms with Crippen LogP contribution in [0.3, 0.4) is 0 Å². The lowest BCUT2D eigenvalue weighted by atomic mass is 9.99. The van der Waals surface area contributed by atoms with Gasteiger partial charge in [-0.25, -0.2) is 4.79 Å². The van der Waals surface area contributed by atoms with Crippen molar-refractivity contribution in [1.82, 2.24) is 15.4 Å². The van der Waals surface area contributed by atoms with E-state index in [4.69, 9.17) is 20.9 Å². The first-order valence-electron chi connectivity index (χ1n) is 11.3. The molecule has 1 N–H and O–H groups in total. The number of carbonyl (C=O) groups excluding carboxylic acids is 2. The van der Waals surface area contributed by atoms with Crippen molar-refractivity contribution >= 4 is 23.6 Å². The SMILES string of the molecule is CC(C)(C)OC(=O)NC(Cc1ccccc1)C(=O)N1CCc2noc(-c3ccc(Cl)cc3)c2C1. The molecule has 1 unspecified atom stereocenters. The van der Waals surface area contributed by atoms with Crippen LogP contribution >= 0.6 is 11.6 Å². The maximum atomic E-state index is 13.6. The van der Waals surface area contributed by atoms with Crippen molar-refractivity contribution in [3.63, 3.8) is 0 Å². The lowest BCUT2D eigenvalue weighted by molar-refractivity contribution is -0.134. The Morgan fingerprint density at radius 3 is 2.53 bits per heavy atom. The van der Waals surface area contributed by atoms with E-state index >= 15 is 0 Å². The Morgan fingerprint density at radius 2 is 1.85 bits per heavy atom. The van der Waals surface area contributed by atoms with Gasteiger partial charge in [0.05, 0.1) is 12.2 Å². The van der Waals surface area contributed by atoms with Crippen LogP contribution in [0, 0.1) is 0 Å². The van der Waals surface area contributed by atoms with Gasteiger partial charge in [0.25, 0.3) is 0 Å². The van der Waals surface area contributed by atoms with Crippen molar-refractivity contribution in [3.8, 4) is 11.3 Å². The van der Waals surface area contributed by atoms with E-state index in [9.17, 15) is 9.59 Å². The fourth-order valence-corrected chi connectivity index (χ4v) is 4.07.